The Hall–Kier alpha value is -1.10. The van der Waals surface area contributed by atoms with Gasteiger partial charge in [0.15, 0.2) is 0 Å². The smallest absolute Gasteiger partial charge is 0.119 e. The maximum atomic E-state index is 9.77. The molecule has 2 rings (SSSR count). The zero-order chi connectivity index (χ0) is 15.1. The summed E-state index contributed by atoms with van der Waals surface area (Å²) in [7, 11) is 0. The Kier molecular flexibility index (Phi) is 6.03. The van der Waals surface area contributed by atoms with Gasteiger partial charge >= 0.3 is 0 Å². The molecular formula is C17H27NO3. The Balaban J connectivity index is 1.84. The molecule has 2 unspecified atom stereocenters. The number of likely N-dealkylation sites (N-methyl/N-ethyl adjacent to an activating group) is 1. The zero-order valence-electron chi connectivity index (χ0n) is 12.8. The fraction of sp³-hybridized carbons (Fsp3) is 0.647. The van der Waals surface area contributed by atoms with Gasteiger partial charge in [-0.15, -0.1) is 0 Å². The van der Waals surface area contributed by atoms with E-state index < -0.39 is 0 Å². The van der Waals surface area contributed by atoms with Crippen LogP contribution in [0.15, 0.2) is 24.3 Å². The summed E-state index contributed by atoms with van der Waals surface area (Å²) in [4.78, 5) is 0. The number of benzene rings is 1. The van der Waals surface area contributed by atoms with Crippen molar-refractivity contribution >= 4 is 0 Å². The van der Waals surface area contributed by atoms with Crippen LogP contribution in [0.2, 0.25) is 0 Å². The number of rotatable bonds is 8. The van der Waals surface area contributed by atoms with Crippen molar-refractivity contribution in [1.29, 1.82) is 0 Å². The van der Waals surface area contributed by atoms with Crippen molar-refractivity contribution in [1.82, 2.24) is 5.32 Å². The molecule has 2 atom stereocenters. The van der Waals surface area contributed by atoms with E-state index in [1.165, 1.54) is 6.42 Å². The molecule has 0 aromatic heterocycles. The second-order valence-corrected chi connectivity index (χ2v) is 5.87. The van der Waals surface area contributed by atoms with E-state index in [4.69, 9.17) is 9.84 Å². The third-order valence-corrected chi connectivity index (χ3v) is 4.61. The molecule has 1 aromatic carbocycles. The van der Waals surface area contributed by atoms with E-state index in [1.807, 2.05) is 24.3 Å². The van der Waals surface area contributed by atoms with Crippen molar-refractivity contribution in [3.63, 3.8) is 0 Å². The second kappa shape index (κ2) is 7.78. The van der Waals surface area contributed by atoms with Crippen molar-refractivity contribution < 1.29 is 14.9 Å². The van der Waals surface area contributed by atoms with E-state index in [0.717, 1.165) is 37.1 Å². The van der Waals surface area contributed by atoms with Crippen molar-refractivity contribution in [3.8, 4) is 5.75 Å². The fourth-order valence-corrected chi connectivity index (χ4v) is 3.42. The van der Waals surface area contributed by atoms with Gasteiger partial charge in [0.05, 0.1) is 19.8 Å². The van der Waals surface area contributed by atoms with Crippen LogP contribution >= 0.6 is 0 Å². The highest BCUT2D eigenvalue weighted by Gasteiger charge is 2.41. The molecule has 0 radical (unpaired) electrons. The van der Waals surface area contributed by atoms with Crippen molar-refractivity contribution in [2.75, 3.05) is 19.8 Å². The number of aliphatic hydroxyl groups is 2. The van der Waals surface area contributed by atoms with Crippen molar-refractivity contribution in [2.24, 2.45) is 5.92 Å². The maximum absolute atomic E-state index is 9.77. The molecule has 1 aromatic rings. The summed E-state index contributed by atoms with van der Waals surface area (Å²) in [5.74, 6) is 1.31. The third-order valence-electron chi connectivity index (χ3n) is 4.61. The first-order chi connectivity index (χ1) is 10.2. The third kappa shape index (κ3) is 3.96. The zero-order valence-corrected chi connectivity index (χ0v) is 12.8. The van der Waals surface area contributed by atoms with Gasteiger partial charge in [0.1, 0.15) is 5.75 Å². The molecule has 1 fully saturated rings. The standard InChI is InChI=1S/C17H27NO3/c1-2-18-17(13-20)10-3-4-15(17)9-11-21-16-7-5-14(12-19)6-8-16/h5-8,15,18-20H,2-4,9-13H2,1H3. The van der Waals surface area contributed by atoms with E-state index in [-0.39, 0.29) is 18.8 Å². The topological polar surface area (TPSA) is 61.7 Å². The fourth-order valence-electron chi connectivity index (χ4n) is 3.42. The molecule has 118 valence electrons. The van der Waals surface area contributed by atoms with Gasteiger partial charge < -0.3 is 20.3 Å². The van der Waals surface area contributed by atoms with Crippen LogP contribution in [0.3, 0.4) is 0 Å². The van der Waals surface area contributed by atoms with Crippen LogP contribution < -0.4 is 10.1 Å². The van der Waals surface area contributed by atoms with Crippen molar-refractivity contribution in [3.05, 3.63) is 29.8 Å². The Bertz CT molecular complexity index is 421. The Morgan fingerprint density at radius 3 is 2.67 bits per heavy atom. The van der Waals surface area contributed by atoms with Gasteiger partial charge in [-0.3, -0.25) is 0 Å². The molecule has 0 bridgehead atoms. The minimum atomic E-state index is -0.112. The van der Waals surface area contributed by atoms with Crippen LogP contribution in [0.4, 0.5) is 0 Å². The van der Waals surface area contributed by atoms with Gasteiger partial charge in [-0.1, -0.05) is 25.5 Å². The molecule has 4 heteroatoms. The summed E-state index contributed by atoms with van der Waals surface area (Å²) >= 11 is 0. The van der Waals surface area contributed by atoms with Crippen LogP contribution in [0, 0.1) is 5.92 Å². The highest BCUT2D eigenvalue weighted by Crippen LogP contribution is 2.37. The van der Waals surface area contributed by atoms with Gasteiger partial charge in [0, 0.05) is 5.54 Å². The molecular weight excluding hydrogens is 266 g/mol. The summed E-state index contributed by atoms with van der Waals surface area (Å²) in [5, 5.41) is 22.3. The van der Waals surface area contributed by atoms with Crippen LogP contribution in [0.5, 0.6) is 5.75 Å². The molecule has 1 aliphatic rings. The van der Waals surface area contributed by atoms with Crippen LogP contribution in [-0.4, -0.2) is 35.5 Å². The molecule has 0 aliphatic heterocycles. The first kappa shape index (κ1) is 16.3. The lowest BCUT2D eigenvalue weighted by molar-refractivity contribution is 0.111. The number of hydrogen-bond donors (Lipinski definition) is 3. The first-order valence-corrected chi connectivity index (χ1v) is 7.92. The van der Waals surface area contributed by atoms with E-state index in [1.54, 1.807) is 0 Å². The van der Waals surface area contributed by atoms with Gasteiger partial charge in [-0.2, -0.15) is 0 Å². The van der Waals surface area contributed by atoms with Crippen LogP contribution in [-0.2, 0) is 6.61 Å². The van der Waals surface area contributed by atoms with Gasteiger partial charge in [-0.25, -0.2) is 0 Å². The summed E-state index contributed by atoms with van der Waals surface area (Å²) in [5.41, 5.74) is 0.781. The van der Waals surface area contributed by atoms with Gasteiger partial charge in [0.25, 0.3) is 0 Å². The quantitative estimate of drug-likeness (QED) is 0.687. The SMILES string of the molecule is CCNC1(CO)CCCC1CCOc1ccc(CO)cc1. The molecule has 3 N–H and O–H groups in total. The Morgan fingerprint density at radius 1 is 1.29 bits per heavy atom. The molecule has 4 nitrogen and oxygen atoms in total. The molecule has 0 heterocycles. The van der Waals surface area contributed by atoms with Crippen LogP contribution in [0.1, 0.15) is 38.2 Å². The summed E-state index contributed by atoms with van der Waals surface area (Å²) in [6.45, 7) is 3.91. The molecule has 1 aliphatic carbocycles. The summed E-state index contributed by atoms with van der Waals surface area (Å²) in [6, 6.07) is 7.54. The largest absolute Gasteiger partial charge is 0.494 e. The lowest BCUT2D eigenvalue weighted by Crippen LogP contribution is -2.51. The minimum absolute atomic E-state index is 0.0596. The molecule has 1 saturated carbocycles. The predicted octanol–water partition coefficient (Wildman–Crippen LogP) is 2.09. The first-order valence-electron chi connectivity index (χ1n) is 7.92. The van der Waals surface area contributed by atoms with E-state index >= 15 is 0 Å². The lowest BCUT2D eigenvalue weighted by Gasteiger charge is -2.34. The highest BCUT2D eigenvalue weighted by atomic mass is 16.5. The molecule has 0 saturated heterocycles. The van der Waals surface area contributed by atoms with Crippen LogP contribution in [0.25, 0.3) is 0 Å². The Morgan fingerprint density at radius 2 is 2.05 bits per heavy atom. The summed E-state index contributed by atoms with van der Waals surface area (Å²) in [6.07, 6.45) is 4.33. The highest BCUT2D eigenvalue weighted by molar-refractivity contribution is 5.26. The average Bonchev–Trinajstić information content (AvgIpc) is 2.92. The number of ether oxygens (including phenoxy) is 1. The predicted molar refractivity (Wildman–Crippen MR) is 83.3 cm³/mol. The van der Waals surface area contributed by atoms with E-state index in [0.29, 0.717) is 12.5 Å². The average molecular weight is 293 g/mol. The lowest BCUT2D eigenvalue weighted by atomic mass is 9.85. The Labute approximate surface area is 127 Å². The number of hydrogen-bond acceptors (Lipinski definition) is 4. The molecule has 0 spiro atoms. The van der Waals surface area contributed by atoms with Gasteiger partial charge in [-0.05, 0) is 49.4 Å². The maximum Gasteiger partial charge on any atom is 0.119 e. The summed E-state index contributed by atoms with van der Waals surface area (Å²) < 4.78 is 5.79. The molecule has 0 amide bonds. The normalized spacial score (nSPS) is 25.2. The molecule has 21 heavy (non-hydrogen) atoms. The van der Waals surface area contributed by atoms with E-state index in [2.05, 4.69) is 12.2 Å². The number of nitrogens with one attached hydrogen (secondary N) is 1. The van der Waals surface area contributed by atoms with Crippen molar-refractivity contribution in [2.45, 2.75) is 44.8 Å². The van der Waals surface area contributed by atoms with Gasteiger partial charge in [0.2, 0.25) is 0 Å². The minimum Gasteiger partial charge on any atom is -0.494 e. The van der Waals surface area contributed by atoms with E-state index in [9.17, 15) is 5.11 Å². The monoisotopic (exact) mass is 293 g/mol. The number of aliphatic hydroxyl groups excluding tert-OH is 2. The second-order valence-electron chi connectivity index (χ2n) is 5.87.